The molecule has 0 aliphatic carbocycles. The highest BCUT2D eigenvalue weighted by atomic mass is 35.5. The highest BCUT2D eigenvalue weighted by molar-refractivity contribution is 7.90. The predicted molar refractivity (Wildman–Crippen MR) is 111 cm³/mol. The van der Waals surface area contributed by atoms with Crippen molar-refractivity contribution in [2.45, 2.75) is 11.5 Å². The number of hydrogen-bond acceptors (Lipinski definition) is 5. The minimum Gasteiger partial charge on any atom is -0.497 e. The zero-order valence-electron chi connectivity index (χ0n) is 15.1. The Labute approximate surface area is 177 Å². The molecule has 2 aromatic carbocycles. The Morgan fingerprint density at radius 3 is 2.52 bits per heavy atom. The number of fused-ring (bicyclic) bond motifs is 1. The highest BCUT2D eigenvalue weighted by Gasteiger charge is 2.33. The molecule has 0 spiro atoms. The molecule has 0 unspecified atom stereocenters. The number of amides is 1. The first-order valence-corrected chi connectivity index (χ1v) is 11.1. The van der Waals surface area contributed by atoms with Gasteiger partial charge in [-0.05, 0) is 42.5 Å². The van der Waals surface area contributed by atoms with Gasteiger partial charge in [0, 0.05) is 10.6 Å². The van der Waals surface area contributed by atoms with Gasteiger partial charge in [0.1, 0.15) is 11.6 Å². The Bertz CT molecular complexity index is 1220. The number of nitrogens with one attached hydrogen (secondary N) is 1. The minimum absolute atomic E-state index is 0.171. The summed E-state index contributed by atoms with van der Waals surface area (Å²) in [7, 11) is -1.74. The number of carbonyl (C=O) groups is 1. The SMILES string of the molecule is COc1ccc(-n2nc3c(c2NC(=O)c2ccc(Cl)cc2Cl)CS(=O)(=O)C3)cc1. The van der Waals surface area contributed by atoms with E-state index >= 15 is 0 Å². The van der Waals surface area contributed by atoms with Crippen LogP contribution in [0.5, 0.6) is 5.75 Å². The second kappa shape index (κ2) is 7.37. The van der Waals surface area contributed by atoms with Crippen molar-refractivity contribution in [3.05, 3.63) is 69.3 Å². The van der Waals surface area contributed by atoms with E-state index in [1.165, 1.54) is 16.8 Å². The molecule has 3 aromatic rings. The number of carbonyl (C=O) groups excluding carboxylic acids is 1. The van der Waals surface area contributed by atoms with Gasteiger partial charge in [-0.2, -0.15) is 5.10 Å². The average Bonchev–Trinajstić information content (AvgIpc) is 3.14. The molecule has 1 N–H and O–H groups in total. The summed E-state index contributed by atoms with van der Waals surface area (Å²) in [6.45, 7) is 0. The number of ether oxygens (including phenoxy) is 1. The van der Waals surface area contributed by atoms with Gasteiger partial charge in [0.25, 0.3) is 5.91 Å². The lowest BCUT2D eigenvalue weighted by atomic mass is 10.2. The van der Waals surface area contributed by atoms with Crippen LogP contribution < -0.4 is 10.1 Å². The lowest BCUT2D eigenvalue weighted by Crippen LogP contribution is -2.17. The van der Waals surface area contributed by atoms with Crippen LogP contribution in [0.25, 0.3) is 5.69 Å². The molecule has 10 heteroatoms. The molecule has 29 heavy (non-hydrogen) atoms. The van der Waals surface area contributed by atoms with Crippen LogP contribution in [0.15, 0.2) is 42.5 Å². The van der Waals surface area contributed by atoms with Crippen LogP contribution in [0, 0.1) is 0 Å². The summed E-state index contributed by atoms with van der Waals surface area (Å²) in [5.74, 6) is 0.101. The lowest BCUT2D eigenvalue weighted by molar-refractivity contribution is 0.102. The molecular formula is C19H15Cl2N3O4S. The maximum atomic E-state index is 12.8. The summed E-state index contributed by atoms with van der Waals surface area (Å²) in [4.78, 5) is 12.8. The Morgan fingerprint density at radius 2 is 1.86 bits per heavy atom. The van der Waals surface area contributed by atoms with Gasteiger partial charge < -0.3 is 10.1 Å². The zero-order valence-corrected chi connectivity index (χ0v) is 17.5. The Hall–Kier alpha value is -2.55. The predicted octanol–water partition coefficient (Wildman–Crippen LogP) is 3.87. The number of anilines is 1. The molecule has 7 nitrogen and oxygen atoms in total. The number of benzene rings is 2. The van der Waals surface area contributed by atoms with E-state index in [9.17, 15) is 13.2 Å². The Kier molecular flexibility index (Phi) is 5.02. The van der Waals surface area contributed by atoms with Crippen LogP contribution in [0.3, 0.4) is 0 Å². The largest absolute Gasteiger partial charge is 0.497 e. The number of rotatable bonds is 4. The molecule has 1 aliphatic heterocycles. The molecule has 0 saturated heterocycles. The van der Waals surface area contributed by atoms with E-state index in [1.807, 2.05) is 0 Å². The van der Waals surface area contributed by atoms with Crippen molar-refractivity contribution < 1.29 is 17.9 Å². The zero-order chi connectivity index (χ0) is 20.8. The lowest BCUT2D eigenvalue weighted by Gasteiger charge is -2.12. The van der Waals surface area contributed by atoms with Crippen LogP contribution in [-0.2, 0) is 21.3 Å². The van der Waals surface area contributed by atoms with Crippen LogP contribution in [0.2, 0.25) is 10.0 Å². The van der Waals surface area contributed by atoms with Crippen molar-refractivity contribution in [2.75, 3.05) is 12.4 Å². The van der Waals surface area contributed by atoms with Gasteiger partial charge in [0.2, 0.25) is 0 Å². The molecule has 150 valence electrons. The third kappa shape index (κ3) is 3.83. The van der Waals surface area contributed by atoms with Crippen molar-refractivity contribution in [3.63, 3.8) is 0 Å². The van der Waals surface area contributed by atoms with Gasteiger partial charge in [0.05, 0.1) is 40.6 Å². The monoisotopic (exact) mass is 451 g/mol. The Balaban J connectivity index is 1.77. The first-order valence-electron chi connectivity index (χ1n) is 8.49. The second-order valence-electron chi connectivity index (χ2n) is 6.49. The van der Waals surface area contributed by atoms with Gasteiger partial charge in [-0.25, -0.2) is 13.1 Å². The summed E-state index contributed by atoms with van der Waals surface area (Å²) < 4.78 is 30.8. The van der Waals surface area contributed by atoms with E-state index in [0.29, 0.717) is 33.5 Å². The molecule has 4 rings (SSSR count). The molecule has 1 aliphatic rings. The summed E-state index contributed by atoms with van der Waals surface area (Å²) in [6, 6.07) is 11.6. The Morgan fingerprint density at radius 1 is 1.14 bits per heavy atom. The standard InChI is InChI=1S/C19H15Cl2N3O4S/c1-28-13-5-3-12(4-6-13)24-18(15-9-29(26,27)10-17(15)23-24)22-19(25)14-7-2-11(20)8-16(14)21/h2-8H,9-10H2,1H3,(H,22,25). The van der Waals surface area contributed by atoms with Crippen LogP contribution in [0.1, 0.15) is 21.6 Å². The molecule has 0 bridgehead atoms. The minimum atomic E-state index is -3.30. The number of halogens is 2. The normalized spacial score (nSPS) is 14.4. The number of aromatic nitrogens is 2. The van der Waals surface area contributed by atoms with Gasteiger partial charge >= 0.3 is 0 Å². The maximum Gasteiger partial charge on any atom is 0.258 e. The van der Waals surface area contributed by atoms with Crippen molar-refractivity contribution in [3.8, 4) is 11.4 Å². The summed E-state index contributed by atoms with van der Waals surface area (Å²) in [6.07, 6.45) is 0. The van der Waals surface area contributed by atoms with E-state index in [-0.39, 0.29) is 22.1 Å². The molecule has 0 radical (unpaired) electrons. The second-order valence-corrected chi connectivity index (χ2v) is 9.40. The van der Waals surface area contributed by atoms with Crippen molar-refractivity contribution >= 4 is 44.8 Å². The van der Waals surface area contributed by atoms with Crippen LogP contribution in [0.4, 0.5) is 5.82 Å². The van der Waals surface area contributed by atoms with E-state index in [4.69, 9.17) is 27.9 Å². The fourth-order valence-electron chi connectivity index (χ4n) is 3.13. The van der Waals surface area contributed by atoms with Gasteiger partial charge in [-0.15, -0.1) is 0 Å². The van der Waals surface area contributed by atoms with E-state index in [2.05, 4.69) is 10.4 Å². The molecule has 0 fully saturated rings. The summed E-state index contributed by atoms with van der Waals surface area (Å²) in [5.41, 5.74) is 1.75. The quantitative estimate of drug-likeness (QED) is 0.649. The number of hydrogen-bond donors (Lipinski definition) is 1. The van der Waals surface area contributed by atoms with Gasteiger partial charge in [0.15, 0.2) is 9.84 Å². The van der Waals surface area contributed by atoms with E-state index in [1.54, 1.807) is 37.4 Å². The molecule has 2 heterocycles. The number of methoxy groups -OCH3 is 1. The summed E-state index contributed by atoms with van der Waals surface area (Å²) >= 11 is 12.0. The van der Waals surface area contributed by atoms with E-state index in [0.717, 1.165) is 0 Å². The first kappa shape index (κ1) is 19.8. The topological polar surface area (TPSA) is 90.3 Å². The molecule has 1 aromatic heterocycles. The third-order valence-electron chi connectivity index (χ3n) is 4.51. The third-order valence-corrected chi connectivity index (χ3v) is 6.50. The van der Waals surface area contributed by atoms with Crippen molar-refractivity contribution in [2.24, 2.45) is 0 Å². The summed E-state index contributed by atoms with van der Waals surface area (Å²) in [5, 5.41) is 7.79. The fraction of sp³-hybridized carbons (Fsp3) is 0.158. The van der Waals surface area contributed by atoms with Crippen LogP contribution >= 0.6 is 23.2 Å². The van der Waals surface area contributed by atoms with Crippen molar-refractivity contribution in [1.82, 2.24) is 9.78 Å². The van der Waals surface area contributed by atoms with Crippen LogP contribution in [-0.4, -0.2) is 31.2 Å². The highest BCUT2D eigenvalue weighted by Crippen LogP contribution is 2.34. The first-order chi connectivity index (χ1) is 13.8. The average molecular weight is 452 g/mol. The smallest absolute Gasteiger partial charge is 0.258 e. The number of nitrogens with zero attached hydrogens (tertiary/aromatic N) is 2. The molecule has 0 atom stereocenters. The molecular weight excluding hydrogens is 437 g/mol. The van der Waals surface area contributed by atoms with Gasteiger partial charge in [-0.1, -0.05) is 23.2 Å². The fourth-order valence-corrected chi connectivity index (χ4v) is 5.12. The maximum absolute atomic E-state index is 12.8. The van der Waals surface area contributed by atoms with Crippen molar-refractivity contribution in [1.29, 1.82) is 0 Å². The van der Waals surface area contributed by atoms with E-state index < -0.39 is 15.7 Å². The molecule has 1 amide bonds. The van der Waals surface area contributed by atoms with Gasteiger partial charge in [-0.3, -0.25) is 4.79 Å². The number of sulfone groups is 1. The molecule has 0 saturated carbocycles.